The predicted octanol–water partition coefficient (Wildman–Crippen LogP) is 4.84. The minimum Gasteiger partial charge on any atom is -0.385 e. The van der Waals surface area contributed by atoms with Gasteiger partial charge in [-0.1, -0.05) is 66.7 Å². The normalized spacial score (nSPS) is 11.3. The maximum absolute atomic E-state index is 14.2. The summed E-state index contributed by atoms with van der Waals surface area (Å²) >= 11 is 0. The molecule has 5 rings (SSSR count). The summed E-state index contributed by atoms with van der Waals surface area (Å²) in [7, 11) is 1.66. The molecular formula is C30H30N4O3. The van der Waals surface area contributed by atoms with Crippen molar-refractivity contribution in [1.29, 1.82) is 0 Å². The largest absolute Gasteiger partial charge is 0.385 e. The molecule has 5 aromatic rings. The number of aromatic nitrogens is 3. The number of nitrogens with zero attached hydrogens (tertiary/aromatic N) is 4. The van der Waals surface area contributed by atoms with Crippen LogP contribution in [0.15, 0.2) is 89.9 Å². The molecule has 0 saturated heterocycles. The Balaban J connectivity index is 1.64. The van der Waals surface area contributed by atoms with E-state index in [1.807, 2.05) is 89.2 Å². The molecule has 2 aromatic carbocycles. The summed E-state index contributed by atoms with van der Waals surface area (Å²) in [5.74, 6) is -0.145. The fraction of sp³-hybridized carbons (Fsp3) is 0.233. The highest BCUT2D eigenvalue weighted by molar-refractivity contribution is 5.98. The summed E-state index contributed by atoms with van der Waals surface area (Å²) in [6.45, 7) is 3.87. The second-order valence-electron chi connectivity index (χ2n) is 9.20. The third kappa shape index (κ3) is 5.04. The van der Waals surface area contributed by atoms with Gasteiger partial charge >= 0.3 is 0 Å². The van der Waals surface area contributed by atoms with E-state index in [-0.39, 0.29) is 11.5 Å². The summed E-state index contributed by atoms with van der Waals surface area (Å²) < 4.78 is 8.71. The quantitative estimate of drug-likeness (QED) is 0.275. The van der Waals surface area contributed by atoms with Gasteiger partial charge in [-0.05, 0) is 42.2 Å². The van der Waals surface area contributed by atoms with E-state index in [1.165, 1.54) is 0 Å². The van der Waals surface area contributed by atoms with Crippen molar-refractivity contribution in [3.05, 3.63) is 118 Å². The van der Waals surface area contributed by atoms with Gasteiger partial charge < -0.3 is 14.2 Å². The SMILES string of the molecule is COCCCn1c(C(=O)N(Cc2ccccc2)Cc2ccccc2)cc2c(=O)n3cccc(C)c3nc21. The van der Waals surface area contributed by atoms with E-state index in [0.29, 0.717) is 55.0 Å². The number of amides is 1. The number of pyridine rings is 1. The number of carbonyl (C=O) groups excluding carboxylic acids is 1. The molecule has 0 aliphatic carbocycles. The van der Waals surface area contributed by atoms with Gasteiger partial charge in [0.25, 0.3) is 11.5 Å². The van der Waals surface area contributed by atoms with Crippen molar-refractivity contribution in [2.24, 2.45) is 0 Å². The lowest BCUT2D eigenvalue weighted by Gasteiger charge is -2.24. The highest BCUT2D eigenvalue weighted by Crippen LogP contribution is 2.22. The van der Waals surface area contributed by atoms with Crippen molar-refractivity contribution >= 4 is 22.6 Å². The first kappa shape index (κ1) is 24.5. The second-order valence-corrected chi connectivity index (χ2v) is 9.20. The van der Waals surface area contributed by atoms with E-state index in [9.17, 15) is 9.59 Å². The Morgan fingerprint density at radius 1 is 0.919 bits per heavy atom. The second kappa shape index (κ2) is 10.8. The highest BCUT2D eigenvalue weighted by atomic mass is 16.5. The predicted molar refractivity (Wildman–Crippen MR) is 145 cm³/mol. The van der Waals surface area contributed by atoms with E-state index in [0.717, 1.165) is 16.7 Å². The number of benzene rings is 2. The Hall–Kier alpha value is -4.23. The zero-order valence-electron chi connectivity index (χ0n) is 21.1. The van der Waals surface area contributed by atoms with Gasteiger partial charge in [-0.25, -0.2) is 4.98 Å². The van der Waals surface area contributed by atoms with E-state index in [2.05, 4.69) is 0 Å². The third-order valence-electron chi connectivity index (χ3n) is 6.56. The van der Waals surface area contributed by atoms with Crippen LogP contribution in [-0.2, 0) is 24.4 Å². The zero-order chi connectivity index (χ0) is 25.8. The molecule has 3 heterocycles. The summed E-state index contributed by atoms with van der Waals surface area (Å²) in [5.41, 5.74) is 4.36. The van der Waals surface area contributed by atoms with Gasteiger partial charge in [0.1, 0.15) is 17.0 Å². The molecule has 0 spiro atoms. The van der Waals surface area contributed by atoms with Crippen molar-refractivity contribution < 1.29 is 9.53 Å². The number of methoxy groups -OCH3 is 1. The van der Waals surface area contributed by atoms with Crippen molar-refractivity contribution in [2.75, 3.05) is 13.7 Å². The number of carbonyl (C=O) groups is 1. The lowest BCUT2D eigenvalue weighted by molar-refractivity contribution is 0.0718. The number of aryl methyl sites for hydroxylation is 2. The Labute approximate surface area is 215 Å². The fourth-order valence-electron chi connectivity index (χ4n) is 4.70. The summed E-state index contributed by atoms with van der Waals surface area (Å²) in [6.07, 6.45) is 2.41. The molecule has 0 N–H and O–H groups in total. The molecule has 7 heteroatoms. The van der Waals surface area contributed by atoms with Crippen LogP contribution in [-0.4, -0.2) is 38.5 Å². The monoisotopic (exact) mass is 494 g/mol. The first-order chi connectivity index (χ1) is 18.1. The summed E-state index contributed by atoms with van der Waals surface area (Å²) in [5, 5.41) is 0.434. The van der Waals surface area contributed by atoms with Gasteiger partial charge in [0.2, 0.25) is 0 Å². The Bertz CT molecular complexity index is 1550. The molecule has 188 valence electrons. The van der Waals surface area contributed by atoms with Gasteiger partial charge in [-0.3, -0.25) is 14.0 Å². The van der Waals surface area contributed by atoms with Crippen LogP contribution in [0.3, 0.4) is 0 Å². The van der Waals surface area contributed by atoms with Crippen LogP contribution in [0.25, 0.3) is 16.7 Å². The van der Waals surface area contributed by atoms with Crippen molar-refractivity contribution in [1.82, 2.24) is 18.9 Å². The molecule has 3 aromatic heterocycles. The van der Waals surface area contributed by atoms with Gasteiger partial charge in [-0.2, -0.15) is 0 Å². The molecule has 0 radical (unpaired) electrons. The molecule has 0 aliphatic rings. The van der Waals surface area contributed by atoms with Crippen LogP contribution < -0.4 is 5.56 Å². The molecular weight excluding hydrogens is 464 g/mol. The van der Waals surface area contributed by atoms with Crippen molar-refractivity contribution in [3.63, 3.8) is 0 Å². The van der Waals surface area contributed by atoms with Crippen LogP contribution in [0.1, 0.15) is 33.6 Å². The molecule has 0 unspecified atom stereocenters. The summed E-state index contributed by atoms with van der Waals surface area (Å²) in [4.78, 5) is 34.3. The van der Waals surface area contributed by atoms with Gasteiger partial charge in [0.15, 0.2) is 0 Å². The molecule has 0 saturated carbocycles. The Morgan fingerprint density at radius 2 is 1.57 bits per heavy atom. The molecule has 0 atom stereocenters. The van der Waals surface area contributed by atoms with Crippen LogP contribution in [0.5, 0.6) is 0 Å². The third-order valence-corrected chi connectivity index (χ3v) is 6.56. The maximum atomic E-state index is 14.2. The molecule has 7 nitrogen and oxygen atoms in total. The molecule has 0 fully saturated rings. The Morgan fingerprint density at radius 3 is 2.19 bits per heavy atom. The van der Waals surface area contributed by atoms with Crippen LogP contribution >= 0.6 is 0 Å². The van der Waals surface area contributed by atoms with Crippen molar-refractivity contribution in [2.45, 2.75) is 33.0 Å². The van der Waals surface area contributed by atoms with E-state index < -0.39 is 0 Å². The smallest absolute Gasteiger partial charge is 0.271 e. The maximum Gasteiger partial charge on any atom is 0.271 e. The molecule has 0 bridgehead atoms. The first-order valence-corrected chi connectivity index (χ1v) is 12.4. The minimum absolute atomic E-state index is 0.145. The number of rotatable bonds is 9. The van der Waals surface area contributed by atoms with Gasteiger partial charge in [0.05, 0.1) is 5.39 Å². The lowest BCUT2D eigenvalue weighted by atomic mass is 10.1. The average Bonchev–Trinajstić information content (AvgIpc) is 3.29. The van der Waals surface area contributed by atoms with Gasteiger partial charge in [0, 0.05) is 39.5 Å². The molecule has 37 heavy (non-hydrogen) atoms. The van der Waals surface area contributed by atoms with Crippen LogP contribution in [0.2, 0.25) is 0 Å². The Kier molecular flexibility index (Phi) is 7.14. The highest BCUT2D eigenvalue weighted by Gasteiger charge is 2.24. The number of hydrogen-bond acceptors (Lipinski definition) is 4. The number of fused-ring (bicyclic) bond motifs is 2. The van der Waals surface area contributed by atoms with Crippen LogP contribution in [0, 0.1) is 6.92 Å². The fourth-order valence-corrected chi connectivity index (χ4v) is 4.70. The van der Waals surface area contributed by atoms with E-state index >= 15 is 0 Å². The van der Waals surface area contributed by atoms with Crippen LogP contribution in [0.4, 0.5) is 0 Å². The van der Waals surface area contributed by atoms with Crippen molar-refractivity contribution in [3.8, 4) is 0 Å². The van der Waals surface area contributed by atoms with E-state index in [4.69, 9.17) is 9.72 Å². The average molecular weight is 495 g/mol. The van der Waals surface area contributed by atoms with Gasteiger partial charge in [-0.15, -0.1) is 0 Å². The van der Waals surface area contributed by atoms with E-state index in [1.54, 1.807) is 23.8 Å². The minimum atomic E-state index is -0.180. The lowest BCUT2D eigenvalue weighted by Crippen LogP contribution is -2.32. The number of ether oxygens (including phenoxy) is 1. The molecule has 0 aliphatic heterocycles. The number of hydrogen-bond donors (Lipinski definition) is 0. The summed E-state index contributed by atoms with van der Waals surface area (Å²) in [6, 6.07) is 25.4. The first-order valence-electron chi connectivity index (χ1n) is 12.4. The standard InChI is InChI=1S/C30H30N4O3/c1-22-11-9-16-34-27(22)31-28-25(29(34)35)19-26(33(28)17-10-18-37-2)30(36)32(20-23-12-5-3-6-13-23)21-24-14-7-4-8-15-24/h3-9,11-16,19H,10,17-18,20-21H2,1-2H3. The molecule has 1 amide bonds. The topological polar surface area (TPSA) is 68.8 Å². The zero-order valence-corrected chi connectivity index (χ0v) is 21.1.